The number of unbranched alkanes of at least 4 members (excludes halogenated alkanes) is 10. The molecule has 0 atom stereocenters. The van der Waals surface area contributed by atoms with Crippen molar-refractivity contribution in [3.8, 4) is 0 Å². The first-order chi connectivity index (χ1) is 41.4. The van der Waals surface area contributed by atoms with Crippen LogP contribution >= 0.6 is 0 Å². The number of carbonyl (C=O) groups excluding carboxylic acids is 2. The van der Waals surface area contributed by atoms with E-state index in [9.17, 15) is 115 Å². The molecule has 0 fully saturated rings. The molecule has 0 saturated heterocycles. The second kappa shape index (κ2) is 29.4. The van der Waals surface area contributed by atoms with Crippen LogP contribution in [0.1, 0.15) is 157 Å². The number of halogens is 25. The van der Waals surface area contributed by atoms with Crippen LogP contribution in [0.4, 0.5) is 105 Å². The van der Waals surface area contributed by atoms with Gasteiger partial charge in [-0.2, -0.15) is 127 Å². The second-order valence-corrected chi connectivity index (χ2v) is 23.0. The predicted molar refractivity (Wildman–Crippen MR) is 272 cm³/mol. The molecule has 496 valence electrons. The molecule has 32 heteroatoms. The molecule has 2 heterocycles. The van der Waals surface area contributed by atoms with Gasteiger partial charge in [-0.3, -0.25) is 0 Å². The Bertz CT molecular complexity index is 2860. The number of hydrogen-bond donors (Lipinski definition) is 0. The molecule has 0 unspecified atom stereocenters. The Morgan fingerprint density at radius 1 is 0.333 bits per heavy atom. The molecule has 0 N–H and O–H groups in total. The number of carbonyl (C=O) groups is 2. The standard InChI is InChI=1S/C32H12BF24.C26H38IO6/c34-25(35,36)13-1-14(26(37,38)39)6-21(5-13)33(22-7-15(27(40,41)42)2-16(8-22)28(43,44)45,23-9-17(29(46,47)48)3-18(10-23)30(49,50)51)24-11-19(31(52,53)54)4-20(12-24)32(55,56)57;1-3-5-7-9-11-13-19-30-25(28)21-15-17-23(32-21)27-24-18-16-22(33-24)26(29)31-20-14-12-10-8-6-4-2/h1-12H;15-18H,3-14,19-20H2,1-2H3/q-1;+1. The summed E-state index contributed by atoms with van der Waals surface area (Å²) in [5.74, 6) is -0.448. The van der Waals surface area contributed by atoms with E-state index in [-0.39, 0.29) is 11.5 Å². The molecule has 4 aromatic carbocycles. The van der Waals surface area contributed by atoms with Crippen molar-refractivity contribution >= 4 is 39.9 Å². The predicted octanol–water partition coefficient (Wildman–Crippen LogP) is 15.2. The van der Waals surface area contributed by atoms with Crippen molar-refractivity contribution in [1.82, 2.24) is 0 Å². The summed E-state index contributed by atoms with van der Waals surface area (Å²) in [5, 5.41) is 0. The van der Waals surface area contributed by atoms with Crippen LogP contribution in [-0.4, -0.2) is 31.3 Å². The van der Waals surface area contributed by atoms with Gasteiger partial charge < -0.3 is 18.3 Å². The molecule has 6 nitrogen and oxygen atoms in total. The van der Waals surface area contributed by atoms with E-state index in [0.717, 1.165) is 25.7 Å². The molecule has 2 aromatic heterocycles. The minimum Gasteiger partial charge on any atom is -0.460 e. The van der Waals surface area contributed by atoms with Crippen molar-refractivity contribution in [3.05, 3.63) is 161 Å². The van der Waals surface area contributed by atoms with E-state index < -0.39 is 228 Å². The van der Waals surface area contributed by atoms with Crippen LogP contribution in [-0.2, 0) is 58.9 Å². The third-order valence-corrected chi connectivity index (χ3v) is 15.9. The van der Waals surface area contributed by atoms with Crippen LogP contribution in [0.5, 0.6) is 0 Å². The maximum Gasteiger partial charge on any atom is 0.443 e. The van der Waals surface area contributed by atoms with Crippen molar-refractivity contribution in [2.45, 2.75) is 140 Å². The van der Waals surface area contributed by atoms with E-state index in [1.165, 1.54) is 51.4 Å². The summed E-state index contributed by atoms with van der Waals surface area (Å²) >= 11 is -0.781. The van der Waals surface area contributed by atoms with E-state index in [2.05, 4.69) is 13.8 Å². The van der Waals surface area contributed by atoms with Crippen LogP contribution in [0.25, 0.3) is 0 Å². The highest BCUT2D eigenvalue weighted by atomic mass is 127. The van der Waals surface area contributed by atoms with Gasteiger partial charge in [0, 0.05) is 12.1 Å². The zero-order chi connectivity index (χ0) is 67.6. The second-order valence-electron chi connectivity index (χ2n) is 20.3. The zero-order valence-electron chi connectivity index (χ0n) is 46.6. The lowest BCUT2D eigenvalue weighted by atomic mass is 9.12. The summed E-state index contributed by atoms with van der Waals surface area (Å²) in [7, 11) is 0. The number of alkyl halides is 24. The van der Waals surface area contributed by atoms with Crippen molar-refractivity contribution in [1.29, 1.82) is 0 Å². The molecule has 6 aromatic rings. The third-order valence-electron chi connectivity index (χ3n) is 13.6. The van der Waals surface area contributed by atoms with Crippen molar-refractivity contribution < 1.29 is 154 Å². The lowest BCUT2D eigenvalue weighted by molar-refractivity contribution is -0.636. The average molecular weight is 1440 g/mol. The molecule has 90 heavy (non-hydrogen) atoms. The summed E-state index contributed by atoms with van der Waals surface area (Å²) < 4.78 is 364. The van der Waals surface area contributed by atoms with Gasteiger partial charge in [-0.05, 0) is 49.2 Å². The SMILES string of the molecule is CCCCCCCCOC(=O)c1ccc([I+]c2ccc(C(=O)OCCCCCCCC)o2)o1.FC(F)(F)c1cc([B-](c2cc(C(F)(F)F)cc(C(F)(F)F)c2)(c2cc(C(F)(F)F)cc(C(F)(F)F)c2)c2cc(C(F)(F)F)cc(C(F)(F)F)c2)cc(C(F)(F)F)c1. The van der Waals surface area contributed by atoms with Gasteiger partial charge in [0.15, 0.2) is 0 Å². The van der Waals surface area contributed by atoms with Gasteiger partial charge in [-0.25, -0.2) is 9.59 Å². The van der Waals surface area contributed by atoms with E-state index >= 15 is 0 Å². The molecule has 0 aliphatic rings. The van der Waals surface area contributed by atoms with Gasteiger partial charge in [0.2, 0.25) is 11.5 Å². The van der Waals surface area contributed by atoms with E-state index in [4.69, 9.17) is 18.3 Å². The van der Waals surface area contributed by atoms with Crippen molar-refractivity contribution in [3.63, 3.8) is 0 Å². The Kier molecular flexibility index (Phi) is 24.3. The quantitative estimate of drug-likeness (QED) is 0.0222. The maximum absolute atomic E-state index is 14.2. The molecule has 6 rings (SSSR count). The highest BCUT2D eigenvalue weighted by Crippen LogP contribution is 2.41. The summed E-state index contributed by atoms with van der Waals surface area (Å²) in [6.07, 6.45) is -41.1. The lowest BCUT2D eigenvalue weighted by Gasteiger charge is -2.46. The van der Waals surface area contributed by atoms with Gasteiger partial charge in [-0.1, -0.05) is 127 Å². The molecule has 0 radical (unpaired) electrons. The monoisotopic (exact) mass is 1440 g/mol. The van der Waals surface area contributed by atoms with Gasteiger partial charge >= 0.3 is 90.1 Å². The first-order valence-corrected chi connectivity index (χ1v) is 29.1. The van der Waals surface area contributed by atoms with Crippen molar-refractivity contribution in [2.75, 3.05) is 13.2 Å². The molecule has 0 aliphatic carbocycles. The lowest BCUT2D eigenvalue weighted by Crippen LogP contribution is -3.61. The van der Waals surface area contributed by atoms with E-state index in [1.807, 2.05) is 0 Å². The average Bonchev–Trinajstić information content (AvgIpc) is 0.814. The molecule has 0 spiro atoms. The Morgan fingerprint density at radius 2 is 0.544 bits per heavy atom. The van der Waals surface area contributed by atoms with Crippen LogP contribution in [0, 0.1) is 7.53 Å². The number of rotatable bonds is 22. The first-order valence-electron chi connectivity index (χ1n) is 26.9. The number of hydrogen-bond acceptors (Lipinski definition) is 6. The Labute approximate surface area is 506 Å². The first kappa shape index (κ1) is 74.2. The topological polar surface area (TPSA) is 78.9 Å². The largest absolute Gasteiger partial charge is 0.460 e. The van der Waals surface area contributed by atoms with Crippen LogP contribution in [0.3, 0.4) is 0 Å². The summed E-state index contributed by atoms with van der Waals surface area (Å²) in [6, 6.07) is -1.99. The normalized spacial score (nSPS) is 13.1. The third kappa shape index (κ3) is 20.2. The fourth-order valence-electron chi connectivity index (χ4n) is 9.35. The fraction of sp³-hybridized carbons (Fsp3) is 0.414. The molecule has 0 amide bonds. The van der Waals surface area contributed by atoms with Gasteiger partial charge in [0.1, 0.15) is 6.15 Å². The van der Waals surface area contributed by atoms with Gasteiger partial charge in [-0.15, -0.1) is 0 Å². The highest BCUT2D eigenvalue weighted by molar-refractivity contribution is 7.20. The number of ether oxygens (including phenoxy) is 2. The molecule has 0 aliphatic heterocycles. The maximum atomic E-state index is 14.2. The van der Waals surface area contributed by atoms with E-state index in [1.54, 1.807) is 24.3 Å². The molecular formula is C58H50BF24IO6. The smallest absolute Gasteiger partial charge is 0.443 e. The van der Waals surface area contributed by atoms with Crippen LogP contribution < -0.4 is 43.1 Å². The summed E-state index contributed by atoms with van der Waals surface area (Å²) in [6.45, 7) is 5.22. The van der Waals surface area contributed by atoms with E-state index in [0.29, 0.717) is 20.7 Å². The highest BCUT2D eigenvalue weighted by Gasteiger charge is 2.47. The Hall–Kier alpha value is -6.51. The van der Waals surface area contributed by atoms with Gasteiger partial charge in [0.05, 0.1) is 57.7 Å². The minimum absolute atomic E-state index is 0.209. The Balaban J connectivity index is 0.000000378. The van der Waals surface area contributed by atoms with Crippen LogP contribution in [0.2, 0.25) is 0 Å². The fourth-order valence-corrected chi connectivity index (χ4v) is 11.3. The minimum atomic E-state index is -6.13. The molecule has 0 bridgehead atoms. The van der Waals surface area contributed by atoms with Crippen LogP contribution in [0.15, 0.2) is 106 Å². The molecule has 0 saturated carbocycles. The van der Waals surface area contributed by atoms with Crippen molar-refractivity contribution in [2.24, 2.45) is 0 Å². The number of furan rings is 2. The number of esters is 2. The zero-order valence-corrected chi connectivity index (χ0v) is 48.8. The summed E-state index contributed by atoms with van der Waals surface area (Å²) in [4.78, 5) is 24.3. The summed E-state index contributed by atoms with van der Waals surface area (Å²) in [5.41, 5.74) is -30.2. The number of benzene rings is 4. The Morgan fingerprint density at radius 3 is 0.756 bits per heavy atom. The van der Waals surface area contributed by atoms with Gasteiger partial charge in [0.25, 0.3) is 0 Å². The molecular weight excluding hydrogens is 1390 g/mol.